The maximum atomic E-state index is 11.7. The van der Waals surface area contributed by atoms with E-state index in [-0.39, 0.29) is 12.5 Å². The minimum absolute atomic E-state index is 0.0196. The first-order chi connectivity index (χ1) is 13.5. The number of methoxy groups -OCH3 is 1. The van der Waals surface area contributed by atoms with Gasteiger partial charge in [-0.2, -0.15) is 4.98 Å². The van der Waals surface area contributed by atoms with E-state index >= 15 is 0 Å². The van der Waals surface area contributed by atoms with Crippen LogP contribution in [0.1, 0.15) is 13.8 Å². The van der Waals surface area contributed by atoms with Gasteiger partial charge in [0.1, 0.15) is 11.5 Å². The Morgan fingerprint density at radius 2 is 1.68 bits per heavy atom. The van der Waals surface area contributed by atoms with Crippen molar-refractivity contribution in [1.29, 1.82) is 0 Å². The zero-order chi connectivity index (χ0) is 19.9. The molecule has 1 N–H and O–H groups in total. The SMILES string of the molecule is COc1ccc(-c2noc(-c3ccc(OCC(=O)NCC(C)C)cc3)n2)cc1. The normalized spacial score (nSPS) is 10.7. The molecule has 0 aliphatic carbocycles. The molecular formula is C21H23N3O4. The maximum Gasteiger partial charge on any atom is 0.258 e. The summed E-state index contributed by atoms with van der Waals surface area (Å²) < 4.78 is 16.0. The second kappa shape index (κ2) is 9.03. The van der Waals surface area contributed by atoms with Crippen molar-refractivity contribution in [2.45, 2.75) is 13.8 Å². The number of ether oxygens (including phenoxy) is 2. The lowest BCUT2D eigenvalue weighted by molar-refractivity contribution is -0.123. The molecule has 7 nitrogen and oxygen atoms in total. The third-order valence-corrected chi connectivity index (χ3v) is 3.95. The smallest absolute Gasteiger partial charge is 0.258 e. The van der Waals surface area contributed by atoms with E-state index in [1.807, 2.05) is 50.2 Å². The number of aromatic nitrogens is 2. The molecule has 0 aliphatic rings. The van der Waals surface area contributed by atoms with Gasteiger partial charge in [0.2, 0.25) is 5.82 Å². The first kappa shape index (κ1) is 19.4. The second-order valence-corrected chi connectivity index (χ2v) is 6.66. The van der Waals surface area contributed by atoms with Gasteiger partial charge in [-0.05, 0) is 54.4 Å². The van der Waals surface area contributed by atoms with Crippen LogP contribution in [0.25, 0.3) is 22.8 Å². The van der Waals surface area contributed by atoms with Gasteiger partial charge < -0.3 is 19.3 Å². The highest BCUT2D eigenvalue weighted by Crippen LogP contribution is 2.25. The van der Waals surface area contributed by atoms with Gasteiger partial charge in [0, 0.05) is 17.7 Å². The Kier molecular flexibility index (Phi) is 6.26. The van der Waals surface area contributed by atoms with E-state index in [9.17, 15) is 4.79 Å². The number of benzene rings is 2. The molecule has 0 saturated carbocycles. The van der Waals surface area contributed by atoms with Crippen LogP contribution in [-0.2, 0) is 4.79 Å². The average molecular weight is 381 g/mol. The van der Waals surface area contributed by atoms with Crippen LogP contribution in [0.4, 0.5) is 0 Å². The molecule has 0 atom stereocenters. The fourth-order valence-corrected chi connectivity index (χ4v) is 2.41. The molecule has 3 aromatic rings. The molecule has 0 bridgehead atoms. The molecule has 0 saturated heterocycles. The van der Waals surface area contributed by atoms with Crippen LogP contribution in [0, 0.1) is 5.92 Å². The number of hydrogen-bond acceptors (Lipinski definition) is 6. The molecule has 1 heterocycles. The summed E-state index contributed by atoms with van der Waals surface area (Å²) in [6, 6.07) is 14.6. The van der Waals surface area contributed by atoms with E-state index in [2.05, 4.69) is 15.5 Å². The predicted molar refractivity (Wildman–Crippen MR) is 105 cm³/mol. The highest BCUT2D eigenvalue weighted by atomic mass is 16.5. The standard InChI is InChI=1S/C21H23N3O4/c1-14(2)12-22-19(25)13-27-18-10-6-16(7-11-18)21-23-20(24-28-21)15-4-8-17(26-3)9-5-15/h4-11,14H,12-13H2,1-3H3,(H,22,25). The summed E-state index contributed by atoms with van der Waals surface area (Å²) in [6.45, 7) is 4.69. The van der Waals surface area contributed by atoms with Gasteiger partial charge >= 0.3 is 0 Å². The van der Waals surface area contributed by atoms with Crippen LogP contribution in [-0.4, -0.2) is 36.3 Å². The van der Waals surface area contributed by atoms with Crippen LogP contribution < -0.4 is 14.8 Å². The summed E-state index contributed by atoms with van der Waals surface area (Å²) in [5.74, 6) is 2.53. The van der Waals surface area contributed by atoms with Crippen molar-refractivity contribution >= 4 is 5.91 Å². The fourth-order valence-electron chi connectivity index (χ4n) is 2.41. The van der Waals surface area contributed by atoms with Crippen LogP contribution in [0.3, 0.4) is 0 Å². The van der Waals surface area contributed by atoms with E-state index in [1.165, 1.54) is 0 Å². The first-order valence-corrected chi connectivity index (χ1v) is 9.03. The Hall–Kier alpha value is -3.35. The summed E-state index contributed by atoms with van der Waals surface area (Å²) in [4.78, 5) is 16.1. The summed E-state index contributed by atoms with van der Waals surface area (Å²) >= 11 is 0. The molecule has 146 valence electrons. The van der Waals surface area contributed by atoms with Crippen molar-refractivity contribution in [2.75, 3.05) is 20.3 Å². The Balaban J connectivity index is 1.60. The van der Waals surface area contributed by atoms with Crippen molar-refractivity contribution in [1.82, 2.24) is 15.5 Å². The van der Waals surface area contributed by atoms with Gasteiger partial charge in [0.15, 0.2) is 6.61 Å². The summed E-state index contributed by atoms with van der Waals surface area (Å²) in [7, 11) is 1.62. The monoisotopic (exact) mass is 381 g/mol. The number of rotatable bonds is 8. The van der Waals surface area contributed by atoms with Crippen LogP contribution >= 0.6 is 0 Å². The molecule has 0 radical (unpaired) electrons. The largest absolute Gasteiger partial charge is 0.497 e. The minimum atomic E-state index is -0.140. The van der Waals surface area contributed by atoms with Gasteiger partial charge in [-0.1, -0.05) is 19.0 Å². The molecule has 1 amide bonds. The number of nitrogens with zero attached hydrogens (tertiary/aromatic N) is 2. The van der Waals surface area contributed by atoms with Crippen LogP contribution in [0.15, 0.2) is 53.1 Å². The Morgan fingerprint density at radius 1 is 1.04 bits per heavy atom. The predicted octanol–water partition coefficient (Wildman–Crippen LogP) is 3.56. The molecule has 1 aromatic heterocycles. The van der Waals surface area contributed by atoms with Crippen LogP contribution in [0.5, 0.6) is 11.5 Å². The lowest BCUT2D eigenvalue weighted by Gasteiger charge is -2.09. The molecule has 0 fully saturated rings. The van der Waals surface area contributed by atoms with Crippen LogP contribution in [0.2, 0.25) is 0 Å². The number of carbonyl (C=O) groups excluding carboxylic acids is 1. The van der Waals surface area contributed by atoms with Crippen molar-refractivity contribution < 1.29 is 18.8 Å². The van der Waals surface area contributed by atoms with Gasteiger partial charge in [-0.3, -0.25) is 4.79 Å². The molecule has 2 aromatic carbocycles. The number of amides is 1. The molecule has 0 spiro atoms. The van der Waals surface area contributed by atoms with Crippen molar-refractivity contribution in [2.24, 2.45) is 5.92 Å². The Morgan fingerprint density at radius 3 is 2.32 bits per heavy atom. The fraction of sp³-hybridized carbons (Fsp3) is 0.286. The molecule has 0 aliphatic heterocycles. The average Bonchev–Trinajstić information content (AvgIpc) is 3.21. The third kappa shape index (κ3) is 5.09. The molecule has 3 rings (SSSR count). The lowest BCUT2D eigenvalue weighted by atomic mass is 10.2. The highest BCUT2D eigenvalue weighted by molar-refractivity contribution is 5.77. The third-order valence-electron chi connectivity index (χ3n) is 3.95. The van der Waals surface area contributed by atoms with E-state index in [4.69, 9.17) is 14.0 Å². The number of nitrogens with one attached hydrogen (secondary N) is 1. The summed E-state index contributed by atoms with van der Waals surface area (Å²) in [5.41, 5.74) is 1.60. The van der Waals surface area contributed by atoms with Crippen molar-refractivity contribution in [3.05, 3.63) is 48.5 Å². The summed E-state index contributed by atoms with van der Waals surface area (Å²) in [5, 5.41) is 6.83. The zero-order valence-corrected chi connectivity index (χ0v) is 16.1. The van der Waals surface area contributed by atoms with Gasteiger partial charge in [0.25, 0.3) is 11.8 Å². The van der Waals surface area contributed by atoms with E-state index < -0.39 is 0 Å². The van der Waals surface area contributed by atoms with Gasteiger partial charge in [-0.25, -0.2) is 0 Å². The maximum absolute atomic E-state index is 11.7. The minimum Gasteiger partial charge on any atom is -0.497 e. The topological polar surface area (TPSA) is 86.5 Å². The Bertz CT molecular complexity index is 902. The molecule has 28 heavy (non-hydrogen) atoms. The quantitative estimate of drug-likeness (QED) is 0.642. The molecular weight excluding hydrogens is 358 g/mol. The highest BCUT2D eigenvalue weighted by Gasteiger charge is 2.11. The summed E-state index contributed by atoms with van der Waals surface area (Å²) in [6.07, 6.45) is 0. The Labute approximate surface area is 163 Å². The van der Waals surface area contributed by atoms with E-state index in [0.717, 1.165) is 16.9 Å². The second-order valence-electron chi connectivity index (χ2n) is 6.66. The van der Waals surface area contributed by atoms with Crippen molar-refractivity contribution in [3.63, 3.8) is 0 Å². The molecule has 7 heteroatoms. The lowest BCUT2D eigenvalue weighted by Crippen LogP contribution is -2.31. The van der Waals surface area contributed by atoms with Gasteiger partial charge in [0.05, 0.1) is 7.11 Å². The van der Waals surface area contributed by atoms with Gasteiger partial charge in [-0.15, -0.1) is 0 Å². The zero-order valence-electron chi connectivity index (χ0n) is 16.1. The van der Waals surface area contributed by atoms with E-state index in [1.54, 1.807) is 19.2 Å². The molecule has 0 unspecified atom stereocenters. The van der Waals surface area contributed by atoms with E-state index in [0.29, 0.717) is 29.9 Å². The first-order valence-electron chi connectivity index (χ1n) is 9.03. The number of carbonyl (C=O) groups is 1. The van der Waals surface area contributed by atoms with Crippen molar-refractivity contribution in [3.8, 4) is 34.3 Å². The number of hydrogen-bond donors (Lipinski definition) is 1.